The Kier molecular flexibility index (Phi) is 7.35. The van der Waals surface area contributed by atoms with Crippen LogP contribution in [0.3, 0.4) is 0 Å². The molecular formula is C17H18N2O7S2. The Balaban J connectivity index is 2.14. The summed E-state index contributed by atoms with van der Waals surface area (Å²) >= 11 is 6.31. The molecule has 150 valence electrons. The predicted molar refractivity (Wildman–Crippen MR) is 107 cm³/mol. The summed E-state index contributed by atoms with van der Waals surface area (Å²) in [6.45, 7) is 0.376. The molecule has 2 N–H and O–H groups in total. The fourth-order valence-electron chi connectivity index (χ4n) is 2.56. The number of aromatic hydroxyl groups is 1. The van der Waals surface area contributed by atoms with Crippen molar-refractivity contribution in [2.75, 3.05) is 13.7 Å². The molecule has 28 heavy (non-hydrogen) atoms. The molecule has 0 atom stereocenters. The molecule has 1 fully saturated rings. The predicted octanol–water partition coefficient (Wildman–Crippen LogP) is 3.16. The second-order valence-corrected chi connectivity index (χ2v) is 7.56. The van der Waals surface area contributed by atoms with Gasteiger partial charge in [-0.05, 0) is 30.5 Å². The molecular weight excluding hydrogens is 408 g/mol. The number of phenols is 1. The molecule has 1 amide bonds. The number of nitro benzene ring substituents is 1. The van der Waals surface area contributed by atoms with Crippen molar-refractivity contribution in [1.29, 1.82) is 0 Å². The lowest BCUT2D eigenvalue weighted by atomic mass is 10.1. The molecule has 0 aromatic heterocycles. The molecule has 2 rings (SSSR count). The molecule has 1 saturated heterocycles. The fourth-order valence-corrected chi connectivity index (χ4v) is 3.87. The molecule has 0 saturated carbocycles. The van der Waals surface area contributed by atoms with Crippen molar-refractivity contribution in [3.63, 3.8) is 0 Å². The van der Waals surface area contributed by atoms with Gasteiger partial charge in [0.1, 0.15) is 4.32 Å². The van der Waals surface area contributed by atoms with Crippen LogP contribution in [0.2, 0.25) is 0 Å². The second-order valence-electron chi connectivity index (χ2n) is 5.89. The summed E-state index contributed by atoms with van der Waals surface area (Å²) in [5, 5.41) is 29.6. The SMILES string of the molecule is COc1cc(/C=C2/SC(=S)N(CCCCCC(=O)O)C2=O)cc([N+](=O)[O-])c1O. The Labute approximate surface area is 170 Å². The maximum atomic E-state index is 12.6. The molecule has 1 aliphatic rings. The molecule has 0 spiro atoms. The number of benzene rings is 1. The van der Waals surface area contributed by atoms with Crippen molar-refractivity contribution in [2.24, 2.45) is 0 Å². The number of carboxylic acids is 1. The number of nitrogens with zero attached hydrogens (tertiary/aromatic N) is 2. The molecule has 1 heterocycles. The lowest BCUT2D eigenvalue weighted by Gasteiger charge is -2.13. The van der Waals surface area contributed by atoms with Gasteiger partial charge in [0, 0.05) is 19.0 Å². The number of carbonyl (C=O) groups is 2. The number of nitro groups is 1. The maximum Gasteiger partial charge on any atom is 0.315 e. The van der Waals surface area contributed by atoms with Crippen molar-refractivity contribution in [3.05, 3.63) is 32.7 Å². The van der Waals surface area contributed by atoms with Crippen molar-refractivity contribution in [2.45, 2.75) is 25.7 Å². The zero-order valence-electron chi connectivity index (χ0n) is 14.9. The average molecular weight is 426 g/mol. The van der Waals surface area contributed by atoms with Gasteiger partial charge in [-0.3, -0.25) is 24.6 Å². The summed E-state index contributed by atoms with van der Waals surface area (Å²) in [6.07, 6.45) is 3.34. The number of rotatable bonds is 9. The van der Waals surface area contributed by atoms with Gasteiger partial charge in [-0.15, -0.1) is 0 Å². The van der Waals surface area contributed by atoms with Gasteiger partial charge >= 0.3 is 11.7 Å². The Morgan fingerprint density at radius 1 is 1.39 bits per heavy atom. The minimum Gasteiger partial charge on any atom is -0.500 e. The van der Waals surface area contributed by atoms with Crippen LogP contribution in [0.15, 0.2) is 17.0 Å². The Morgan fingerprint density at radius 3 is 2.71 bits per heavy atom. The van der Waals surface area contributed by atoms with Crippen LogP contribution in [-0.2, 0) is 9.59 Å². The maximum absolute atomic E-state index is 12.6. The first-order chi connectivity index (χ1) is 13.2. The van der Waals surface area contributed by atoms with Gasteiger partial charge in [0.25, 0.3) is 5.91 Å². The Morgan fingerprint density at radius 2 is 2.11 bits per heavy atom. The number of thioether (sulfide) groups is 1. The summed E-state index contributed by atoms with van der Waals surface area (Å²) in [5.74, 6) is -1.83. The van der Waals surface area contributed by atoms with Crippen LogP contribution in [0.4, 0.5) is 5.69 Å². The fraction of sp³-hybridized carbons (Fsp3) is 0.353. The third-order valence-corrected chi connectivity index (χ3v) is 5.32. The number of thiocarbonyl (C=S) groups is 1. The highest BCUT2D eigenvalue weighted by molar-refractivity contribution is 8.26. The zero-order chi connectivity index (χ0) is 20.8. The first-order valence-electron chi connectivity index (χ1n) is 8.27. The number of hydrogen-bond donors (Lipinski definition) is 2. The lowest BCUT2D eigenvalue weighted by Crippen LogP contribution is -2.29. The van der Waals surface area contributed by atoms with E-state index < -0.39 is 22.3 Å². The highest BCUT2D eigenvalue weighted by Crippen LogP contribution is 2.39. The molecule has 0 unspecified atom stereocenters. The summed E-state index contributed by atoms with van der Waals surface area (Å²) in [4.78, 5) is 35.2. The van der Waals surface area contributed by atoms with Gasteiger partial charge in [-0.1, -0.05) is 30.4 Å². The third-order valence-electron chi connectivity index (χ3n) is 3.94. The van der Waals surface area contributed by atoms with Crippen LogP contribution in [0.1, 0.15) is 31.2 Å². The van der Waals surface area contributed by atoms with Crippen molar-refractivity contribution in [3.8, 4) is 11.5 Å². The molecule has 0 bridgehead atoms. The highest BCUT2D eigenvalue weighted by Gasteiger charge is 2.32. The molecule has 11 heteroatoms. The smallest absolute Gasteiger partial charge is 0.315 e. The van der Waals surface area contributed by atoms with Gasteiger partial charge in [0.2, 0.25) is 5.75 Å². The van der Waals surface area contributed by atoms with Crippen LogP contribution < -0.4 is 4.74 Å². The van der Waals surface area contributed by atoms with Gasteiger partial charge in [0.15, 0.2) is 5.75 Å². The van der Waals surface area contributed by atoms with Crippen molar-refractivity contribution in [1.82, 2.24) is 4.90 Å². The topological polar surface area (TPSA) is 130 Å². The van der Waals surface area contributed by atoms with Gasteiger partial charge in [-0.25, -0.2) is 0 Å². The number of ether oxygens (including phenoxy) is 1. The normalized spacial score (nSPS) is 15.3. The summed E-state index contributed by atoms with van der Waals surface area (Å²) in [6, 6.07) is 2.54. The zero-order valence-corrected chi connectivity index (χ0v) is 16.5. The van der Waals surface area contributed by atoms with Crippen LogP contribution in [0.5, 0.6) is 11.5 Å². The number of phenolic OH excluding ortho intramolecular Hbond substituents is 1. The minimum absolute atomic E-state index is 0.0747. The standard InChI is InChI=1S/C17H18N2O7S2/c1-26-12-8-10(7-11(15(12)22)19(24)25)9-13-16(23)18(17(27)28-13)6-4-2-3-5-14(20)21/h7-9,22H,2-6H2,1H3,(H,20,21)/b13-9+. The molecule has 1 aromatic rings. The van der Waals surface area contributed by atoms with E-state index in [1.54, 1.807) is 0 Å². The van der Waals surface area contributed by atoms with E-state index in [4.69, 9.17) is 22.1 Å². The van der Waals surface area contributed by atoms with Crippen LogP contribution in [-0.4, -0.2) is 49.9 Å². The van der Waals surface area contributed by atoms with Gasteiger partial charge in [0.05, 0.1) is 16.9 Å². The number of aliphatic carboxylic acids is 1. The minimum atomic E-state index is -0.855. The van der Waals surface area contributed by atoms with E-state index >= 15 is 0 Å². The molecule has 0 radical (unpaired) electrons. The summed E-state index contributed by atoms with van der Waals surface area (Å²) in [7, 11) is 1.27. The quantitative estimate of drug-likeness (QED) is 0.201. The number of carbonyl (C=O) groups excluding carboxylic acids is 1. The number of methoxy groups -OCH3 is 1. The molecule has 0 aliphatic carbocycles. The number of amides is 1. The van der Waals surface area contributed by atoms with E-state index in [0.717, 1.165) is 17.8 Å². The van der Waals surface area contributed by atoms with E-state index in [-0.39, 0.29) is 18.1 Å². The van der Waals surface area contributed by atoms with Gasteiger partial charge in [-0.2, -0.15) is 0 Å². The summed E-state index contributed by atoms with van der Waals surface area (Å²) < 4.78 is 5.32. The van der Waals surface area contributed by atoms with Crippen molar-refractivity contribution < 1.29 is 29.5 Å². The van der Waals surface area contributed by atoms with Gasteiger partial charge < -0.3 is 14.9 Å². The third kappa shape index (κ3) is 5.20. The number of hydrogen-bond acceptors (Lipinski definition) is 8. The first kappa shape index (κ1) is 21.6. The number of carboxylic acid groups (broad SMARTS) is 1. The van der Waals surface area contributed by atoms with E-state index in [2.05, 4.69) is 0 Å². The van der Waals surface area contributed by atoms with E-state index in [1.807, 2.05) is 0 Å². The Hall–Kier alpha value is -2.66. The van der Waals surface area contributed by atoms with E-state index in [9.17, 15) is 24.8 Å². The first-order valence-corrected chi connectivity index (χ1v) is 9.49. The van der Waals surface area contributed by atoms with Crippen LogP contribution in [0.25, 0.3) is 6.08 Å². The number of unbranched alkanes of at least 4 members (excludes halogenated alkanes) is 2. The van der Waals surface area contributed by atoms with E-state index in [1.165, 1.54) is 24.2 Å². The second kappa shape index (κ2) is 9.51. The van der Waals surface area contributed by atoms with E-state index in [0.29, 0.717) is 40.6 Å². The molecule has 1 aliphatic heterocycles. The monoisotopic (exact) mass is 426 g/mol. The lowest BCUT2D eigenvalue weighted by molar-refractivity contribution is -0.386. The van der Waals surface area contributed by atoms with Crippen LogP contribution in [0, 0.1) is 10.1 Å². The average Bonchev–Trinajstić information content (AvgIpc) is 2.89. The molecule has 1 aromatic carbocycles. The molecule has 9 nitrogen and oxygen atoms in total. The van der Waals surface area contributed by atoms with Crippen LogP contribution >= 0.6 is 24.0 Å². The van der Waals surface area contributed by atoms with Crippen molar-refractivity contribution >= 4 is 51.9 Å². The summed E-state index contributed by atoms with van der Waals surface area (Å²) in [5.41, 5.74) is -0.206. The largest absolute Gasteiger partial charge is 0.500 e. The Bertz CT molecular complexity index is 854. The highest BCUT2D eigenvalue weighted by atomic mass is 32.2.